The smallest absolute Gasteiger partial charge is 0.0443 e. The van der Waals surface area contributed by atoms with Crippen molar-refractivity contribution in [2.75, 3.05) is 0 Å². The molecule has 0 fully saturated rings. The van der Waals surface area contributed by atoms with Crippen molar-refractivity contribution in [1.29, 1.82) is 0 Å². The third-order valence-corrected chi connectivity index (χ3v) is 1.57. The average Bonchev–Trinajstić information content (AvgIpc) is 1.65. The molecule has 0 nitrogen and oxygen atoms in total. The predicted octanol–water partition coefficient (Wildman–Crippen LogP) is 4.35. The molecule has 0 saturated carbocycles. The van der Waals surface area contributed by atoms with Gasteiger partial charge in [0.25, 0.3) is 0 Å². The standard InChI is InChI=1S/C8H18.2CH4/c1-5-8(4)6-7(2)3;;/h7-8H,5-6H2,1-4H3;2*1H4. The first-order chi connectivity index (χ1) is 3.66. The minimum atomic E-state index is 0. The fourth-order valence-corrected chi connectivity index (χ4v) is 0.971. The van der Waals surface area contributed by atoms with Crippen LogP contribution in [0, 0.1) is 11.8 Å². The lowest BCUT2D eigenvalue weighted by Gasteiger charge is -2.09. The van der Waals surface area contributed by atoms with E-state index in [1.54, 1.807) is 0 Å². The van der Waals surface area contributed by atoms with Crippen molar-refractivity contribution in [2.24, 2.45) is 11.8 Å². The van der Waals surface area contributed by atoms with Crippen molar-refractivity contribution in [2.45, 2.75) is 55.4 Å². The van der Waals surface area contributed by atoms with Crippen LogP contribution in [0.1, 0.15) is 55.4 Å². The Bertz CT molecular complexity index is 46.0. The Morgan fingerprint density at radius 3 is 1.50 bits per heavy atom. The molecule has 10 heavy (non-hydrogen) atoms. The maximum atomic E-state index is 2.32. The molecule has 0 aliphatic rings. The first-order valence-corrected chi connectivity index (χ1v) is 3.66. The first-order valence-electron chi connectivity index (χ1n) is 3.66. The summed E-state index contributed by atoms with van der Waals surface area (Å²) in [6.07, 6.45) is 2.72. The monoisotopic (exact) mass is 146 g/mol. The minimum Gasteiger partial charge on any atom is -0.0776 e. The van der Waals surface area contributed by atoms with Crippen LogP contribution in [0.5, 0.6) is 0 Å². The van der Waals surface area contributed by atoms with Gasteiger partial charge in [0.1, 0.15) is 0 Å². The van der Waals surface area contributed by atoms with Gasteiger partial charge in [-0.3, -0.25) is 0 Å². The van der Waals surface area contributed by atoms with Gasteiger partial charge in [0.15, 0.2) is 0 Å². The second-order valence-corrected chi connectivity index (χ2v) is 3.14. The summed E-state index contributed by atoms with van der Waals surface area (Å²) >= 11 is 0. The second-order valence-electron chi connectivity index (χ2n) is 3.14. The van der Waals surface area contributed by atoms with E-state index in [2.05, 4.69) is 27.7 Å². The van der Waals surface area contributed by atoms with Gasteiger partial charge in [-0.25, -0.2) is 0 Å². The lowest BCUT2D eigenvalue weighted by Crippen LogP contribution is -1.97. The van der Waals surface area contributed by atoms with Crippen LogP contribution < -0.4 is 0 Å². The zero-order valence-corrected chi connectivity index (χ0v) is 6.57. The van der Waals surface area contributed by atoms with Crippen LogP contribution in [0.15, 0.2) is 0 Å². The van der Waals surface area contributed by atoms with Crippen LogP contribution in [0.25, 0.3) is 0 Å². The Morgan fingerprint density at radius 1 is 1.00 bits per heavy atom. The van der Waals surface area contributed by atoms with Gasteiger partial charge in [-0.15, -0.1) is 0 Å². The molecule has 1 atom stereocenters. The molecule has 0 rings (SSSR count). The van der Waals surface area contributed by atoms with Gasteiger partial charge in [-0.05, 0) is 18.3 Å². The molecule has 66 valence electrons. The summed E-state index contributed by atoms with van der Waals surface area (Å²) < 4.78 is 0. The van der Waals surface area contributed by atoms with Crippen LogP contribution in [-0.4, -0.2) is 0 Å². The lowest BCUT2D eigenvalue weighted by atomic mass is 9.97. The van der Waals surface area contributed by atoms with E-state index >= 15 is 0 Å². The van der Waals surface area contributed by atoms with E-state index in [1.165, 1.54) is 12.8 Å². The molecule has 0 amide bonds. The maximum Gasteiger partial charge on any atom is -0.0443 e. The zero-order valence-electron chi connectivity index (χ0n) is 6.57. The van der Waals surface area contributed by atoms with E-state index in [9.17, 15) is 0 Å². The normalized spacial score (nSPS) is 11.7. The lowest BCUT2D eigenvalue weighted by molar-refractivity contribution is 0.429. The Hall–Kier alpha value is 0. The molecular weight excluding hydrogens is 120 g/mol. The molecule has 0 aliphatic carbocycles. The summed E-state index contributed by atoms with van der Waals surface area (Å²) in [5.41, 5.74) is 0. The summed E-state index contributed by atoms with van der Waals surface area (Å²) in [7, 11) is 0. The van der Waals surface area contributed by atoms with E-state index in [-0.39, 0.29) is 14.9 Å². The molecule has 0 aromatic heterocycles. The van der Waals surface area contributed by atoms with Crippen molar-refractivity contribution < 1.29 is 0 Å². The zero-order chi connectivity index (χ0) is 6.57. The number of rotatable bonds is 3. The van der Waals surface area contributed by atoms with Gasteiger partial charge in [0, 0.05) is 0 Å². The molecule has 0 aromatic rings. The first kappa shape index (κ1) is 16.5. The number of hydrogen-bond acceptors (Lipinski definition) is 0. The summed E-state index contributed by atoms with van der Waals surface area (Å²) in [5, 5.41) is 0. The molecule has 0 bridgehead atoms. The van der Waals surface area contributed by atoms with E-state index < -0.39 is 0 Å². The van der Waals surface area contributed by atoms with E-state index in [0.29, 0.717) is 0 Å². The maximum absolute atomic E-state index is 2.32. The quantitative estimate of drug-likeness (QED) is 0.555. The van der Waals surface area contributed by atoms with E-state index in [0.717, 1.165) is 11.8 Å². The Labute approximate surface area is 68.0 Å². The molecule has 0 heteroatoms. The molecule has 1 unspecified atom stereocenters. The Balaban J connectivity index is -0.000000245. The van der Waals surface area contributed by atoms with Crippen molar-refractivity contribution >= 4 is 0 Å². The summed E-state index contributed by atoms with van der Waals surface area (Å²) in [5.74, 6) is 1.81. The summed E-state index contributed by atoms with van der Waals surface area (Å²) in [6, 6.07) is 0. The van der Waals surface area contributed by atoms with Gasteiger partial charge >= 0.3 is 0 Å². The van der Waals surface area contributed by atoms with Crippen molar-refractivity contribution in [3.8, 4) is 0 Å². The molecule has 0 aromatic carbocycles. The van der Waals surface area contributed by atoms with Gasteiger partial charge in [-0.1, -0.05) is 49.0 Å². The molecule has 0 aliphatic heterocycles. The molecule has 0 spiro atoms. The van der Waals surface area contributed by atoms with Gasteiger partial charge < -0.3 is 0 Å². The highest BCUT2D eigenvalue weighted by atomic mass is 14.1. The molecule has 0 N–H and O–H groups in total. The number of hydrogen-bond donors (Lipinski definition) is 0. The van der Waals surface area contributed by atoms with Crippen LogP contribution >= 0.6 is 0 Å². The van der Waals surface area contributed by atoms with Crippen LogP contribution in [0.4, 0.5) is 0 Å². The van der Waals surface area contributed by atoms with Crippen molar-refractivity contribution in [3.63, 3.8) is 0 Å². The van der Waals surface area contributed by atoms with Crippen LogP contribution in [0.3, 0.4) is 0 Å². The third kappa shape index (κ3) is 10.9. The van der Waals surface area contributed by atoms with E-state index in [4.69, 9.17) is 0 Å². The minimum absolute atomic E-state index is 0. The summed E-state index contributed by atoms with van der Waals surface area (Å²) in [4.78, 5) is 0. The molecule has 0 radical (unpaired) electrons. The Morgan fingerprint density at radius 2 is 1.40 bits per heavy atom. The fourth-order valence-electron chi connectivity index (χ4n) is 0.971. The average molecular weight is 146 g/mol. The van der Waals surface area contributed by atoms with Gasteiger partial charge in [-0.2, -0.15) is 0 Å². The van der Waals surface area contributed by atoms with E-state index in [1.807, 2.05) is 0 Å². The fraction of sp³-hybridized carbons (Fsp3) is 1.00. The third-order valence-electron chi connectivity index (χ3n) is 1.57. The van der Waals surface area contributed by atoms with Crippen LogP contribution in [0.2, 0.25) is 0 Å². The Kier molecular flexibility index (Phi) is 14.9. The second kappa shape index (κ2) is 9.00. The molecular formula is C10H26. The van der Waals surface area contributed by atoms with Gasteiger partial charge in [0.2, 0.25) is 0 Å². The predicted molar refractivity (Wildman–Crippen MR) is 52.4 cm³/mol. The summed E-state index contributed by atoms with van der Waals surface area (Å²) in [6.45, 7) is 9.14. The highest BCUT2D eigenvalue weighted by Gasteiger charge is 2.00. The molecule has 0 heterocycles. The van der Waals surface area contributed by atoms with Crippen LogP contribution in [-0.2, 0) is 0 Å². The SMILES string of the molecule is C.C.CCC(C)CC(C)C. The van der Waals surface area contributed by atoms with Crippen molar-refractivity contribution in [1.82, 2.24) is 0 Å². The topological polar surface area (TPSA) is 0 Å². The highest BCUT2D eigenvalue weighted by molar-refractivity contribution is 4.52. The largest absolute Gasteiger partial charge is 0.0776 e. The van der Waals surface area contributed by atoms with Crippen molar-refractivity contribution in [3.05, 3.63) is 0 Å². The highest BCUT2D eigenvalue weighted by Crippen LogP contribution is 2.12. The molecule has 0 saturated heterocycles. The van der Waals surface area contributed by atoms with Gasteiger partial charge in [0.05, 0.1) is 0 Å².